The van der Waals surface area contributed by atoms with Crippen molar-refractivity contribution in [3.05, 3.63) is 42.6 Å². The molecule has 2 aliphatic carbocycles. The molecule has 2 saturated carbocycles. The SMILES string of the molecule is N#CN1C[C@H]2[C@H](Nc3nc4c(-c5ccc(OC(F)(F)F)cc5)cccn4n3)C3CCC32C1. The van der Waals surface area contributed by atoms with Crippen molar-refractivity contribution in [3.8, 4) is 23.1 Å². The van der Waals surface area contributed by atoms with Crippen molar-refractivity contribution < 1.29 is 17.9 Å². The summed E-state index contributed by atoms with van der Waals surface area (Å²) >= 11 is 0. The molecule has 0 amide bonds. The van der Waals surface area contributed by atoms with Gasteiger partial charge in [-0.25, -0.2) is 4.52 Å². The number of aromatic nitrogens is 3. The van der Waals surface area contributed by atoms with Crippen LogP contribution in [-0.4, -0.2) is 45.0 Å². The number of anilines is 1. The molecule has 1 aliphatic heterocycles. The van der Waals surface area contributed by atoms with Gasteiger partial charge in [0.05, 0.1) is 0 Å². The monoisotopic (exact) mass is 440 g/mol. The standard InChI is InChI=1S/C22H19F3N6O/c23-22(24,25)32-14-5-3-13(4-6-14)15-2-1-9-31-19(15)28-20(29-31)27-18-16-7-8-21(16)11-30(12-26)10-17(18)21/h1-6,9,16-18H,7-8,10-11H2,(H,27,29)/t16?,17-,18+,21?/m0/s1. The molecule has 3 aliphatic rings. The summed E-state index contributed by atoms with van der Waals surface area (Å²) in [6, 6.07) is 9.64. The average molecular weight is 440 g/mol. The minimum absolute atomic E-state index is 0.252. The van der Waals surface area contributed by atoms with Gasteiger partial charge in [0.1, 0.15) is 5.75 Å². The minimum atomic E-state index is -4.72. The fraction of sp³-hybridized carbons (Fsp3) is 0.409. The normalized spacial score (nSPS) is 28.3. The lowest BCUT2D eigenvalue weighted by atomic mass is 9.41. The molecule has 0 bridgehead atoms. The van der Waals surface area contributed by atoms with Crippen LogP contribution in [0.1, 0.15) is 12.8 Å². The Kier molecular flexibility index (Phi) is 3.91. The Balaban J connectivity index is 1.25. The highest BCUT2D eigenvalue weighted by molar-refractivity contribution is 5.78. The van der Waals surface area contributed by atoms with Crippen LogP contribution >= 0.6 is 0 Å². The number of hydrogen-bond donors (Lipinski definition) is 1. The number of halogens is 3. The number of nitriles is 1. The number of fused-ring (bicyclic) bond motifs is 1. The maximum absolute atomic E-state index is 12.4. The van der Waals surface area contributed by atoms with Crippen LogP contribution in [0.25, 0.3) is 16.8 Å². The molecule has 164 valence electrons. The lowest BCUT2D eigenvalue weighted by Gasteiger charge is -2.65. The van der Waals surface area contributed by atoms with Crippen LogP contribution in [0.15, 0.2) is 42.6 Å². The van der Waals surface area contributed by atoms with Crippen LogP contribution < -0.4 is 10.1 Å². The van der Waals surface area contributed by atoms with E-state index < -0.39 is 6.36 Å². The topological polar surface area (TPSA) is 78.5 Å². The summed E-state index contributed by atoms with van der Waals surface area (Å²) in [5.74, 6) is 1.22. The molecule has 1 N–H and O–H groups in total. The highest BCUT2D eigenvalue weighted by Crippen LogP contribution is 2.67. The Bertz CT molecular complexity index is 1230. The highest BCUT2D eigenvalue weighted by atomic mass is 19.4. The number of likely N-dealkylation sites (tertiary alicyclic amines) is 1. The molecule has 6 rings (SSSR count). The molecule has 1 spiro atoms. The van der Waals surface area contributed by atoms with E-state index in [1.807, 2.05) is 17.0 Å². The first-order valence-electron chi connectivity index (χ1n) is 10.5. The molecule has 3 aromatic rings. The Labute approximate surface area is 181 Å². The average Bonchev–Trinajstić information content (AvgIpc) is 3.33. The van der Waals surface area contributed by atoms with Crippen LogP contribution in [-0.2, 0) is 0 Å². The molecular formula is C22H19F3N6O. The zero-order valence-electron chi connectivity index (χ0n) is 16.9. The summed E-state index contributed by atoms with van der Waals surface area (Å²) in [4.78, 5) is 6.54. The fourth-order valence-electron chi connectivity index (χ4n) is 5.92. The van der Waals surface area contributed by atoms with Gasteiger partial charge in [-0.05, 0) is 54.0 Å². The third-order valence-corrected chi connectivity index (χ3v) is 7.37. The number of nitrogens with one attached hydrogen (secondary N) is 1. The summed E-state index contributed by atoms with van der Waals surface area (Å²) in [6.45, 7) is 1.63. The van der Waals surface area contributed by atoms with Crippen LogP contribution in [0.3, 0.4) is 0 Å². The van der Waals surface area contributed by atoms with E-state index in [1.54, 1.807) is 22.8 Å². The number of nitrogens with zero attached hydrogens (tertiary/aromatic N) is 5. The summed E-state index contributed by atoms with van der Waals surface area (Å²) in [5, 5.41) is 17.4. The number of pyridine rings is 1. The molecule has 1 aromatic carbocycles. The predicted molar refractivity (Wildman–Crippen MR) is 108 cm³/mol. The smallest absolute Gasteiger partial charge is 0.406 e. The molecule has 3 heterocycles. The molecule has 32 heavy (non-hydrogen) atoms. The molecule has 7 nitrogen and oxygen atoms in total. The molecule has 0 radical (unpaired) electrons. The lowest BCUT2D eigenvalue weighted by molar-refractivity contribution is -0.274. The van der Waals surface area contributed by atoms with Gasteiger partial charge < -0.3 is 15.0 Å². The Morgan fingerprint density at radius 2 is 2.00 bits per heavy atom. The zero-order valence-corrected chi connectivity index (χ0v) is 16.9. The second-order valence-corrected chi connectivity index (χ2v) is 8.83. The van der Waals surface area contributed by atoms with E-state index in [0.717, 1.165) is 25.1 Å². The molecule has 10 heteroatoms. The second-order valence-electron chi connectivity index (χ2n) is 8.83. The maximum Gasteiger partial charge on any atom is 0.573 e. The quantitative estimate of drug-likeness (QED) is 0.620. The van der Waals surface area contributed by atoms with Crippen molar-refractivity contribution in [3.63, 3.8) is 0 Å². The van der Waals surface area contributed by atoms with Gasteiger partial charge in [-0.1, -0.05) is 12.1 Å². The van der Waals surface area contributed by atoms with E-state index in [4.69, 9.17) is 0 Å². The Morgan fingerprint density at radius 1 is 1.19 bits per heavy atom. The number of hydrogen-bond acceptors (Lipinski definition) is 6. The van der Waals surface area contributed by atoms with Gasteiger partial charge in [0.15, 0.2) is 11.8 Å². The largest absolute Gasteiger partial charge is 0.573 e. The first-order chi connectivity index (χ1) is 15.4. The first kappa shape index (κ1) is 19.2. The molecular weight excluding hydrogens is 421 g/mol. The van der Waals surface area contributed by atoms with Gasteiger partial charge in [0.25, 0.3) is 0 Å². The van der Waals surface area contributed by atoms with Gasteiger partial charge in [0, 0.05) is 36.8 Å². The summed E-state index contributed by atoms with van der Waals surface area (Å²) in [6.07, 6.45) is 1.69. The van der Waals surface area contributed by atoms with Gasteiger partial charge in [0.2, 0.25) is 5.95 Å². The van der Waals surface area contributed by atoms with Crippen LogP contribution in [0.4, 0.5) is 19.1 Å². The second kappa shape index (κ2) is 6.51. The number of alkyl halides is 3. The van der Waals surface area contributed by atoms with E-state index in [2.05, 4.69) is 26.3 Å². The summed E-state index contributed by atoms with van der Waals surface area (Å²) in [5.41, 5.74) is 2.36. The first-order valence-corrected chi connectivity index (χ1v) is 10.5. The molecule has 3 fully saturated rings. The fourth-order valence-corrected chi connectivity index (χ4v) is 5.92. The van der Waals surface area contributed by atoms with Gasteiger partial charge >= 0.3 is 6.36 Å². The van der Waals surface area contributed by atoms with Crippen LogP contribution in [0, 0.1) is 28.7 Å². The Morgan fingerprint density at radius 3 is 2.69 bits per heavy atom. The number of benzene rings is 1. The van der Waals surface area contributed by atoms with Crippen molar-refractivity contribution in [1.29, 1.82) is 5.26 Å². The van der Waals surface area contributed by atoms with E-state index in [1.165, 1.54) is 18.6 Å². The van der Waals surface area contributed by atoms with E-state index in [-0.39, 0.29) is 17.2 Å². The van der Waals surface area contributed by atoms with E-state index in [9.17, 15) is 18.4 Å². The van der Waals surface area contributed by atoms with Crippen molar-refractivity contribution in [2.45, 2.75) is 25.2 Å². The molecule has 2 unspecified atom stereocenters. The number of rotatable bonds is 4. The van der Waals surface area contributed by atoms with Crippen molar-refractivity contribution in [2.75, 3.05) is 18.4 Å². The summed E-state index contributed by atoms with van der Waals surface area (Å²) < 4.78 is 42.9. The van der Waals surface area contributed by atoms with Crippen molar-refractivity contribution in [2.24, 2.45) is 17.3 Å². The minimum Gasteiger partial charge on any atom is -0.406 e. The zero-order chi connectivity index (χ0) is 22.1. The third kappa shape index (κ3) is 2.80. The third-order valence-electron chi connectivity index (χ3n) is 7.37. The number of ether oxygens (including phenoxy) is 1. The molecule has 4 atom stereocenters. The highest BCUT2D eigenvalue weighted by Gasteiger charge is 2.70. The van der Waals surface area contributed by atoms with Crippen LogP contribution in [0.5, 0.6) is 5.75 Å². The molecule has 2 aromatic heterocycles. The van der Waals surface area contributed by atoms with E-state index in [0.29, 0.717) is 29.0 Å². The van der Waals surface area contributed by atoms with Crippen molar-refractivity contribution in [1.82, 2.24) is 19.5 Å². The van der Waals surface area contributed by atoms with Gasteiger partial charge in [-0.3, -0.25) is 0 Å². The van der Waals surface area contributed by atoms with Gasteiger partial charge in [-0.2, -0.15) is 10.2 Å². The summed E-state index contributed by atoms with van der Waals surface area (Å²) in [7, 11) is 0. The van der Waals surface area contributed by atoms with Gasteiger partial charge in [-0.15, -0.1) is 18.3 Å². The van der Waals surface area contributed by atoms with E-state index >= 15 is 0 Å². The van der Waals surface area contributed by atoms with Crippen LogP contribution in [0.2, 0.25) is 0 Å². The maximum atomic E-state index is 12.4. The lowest BCUT2D eigenvalue weighted by Crippen LogP contribution is -2.68. The predicted octanol–water partition coefficient (Wildman–Crippen LogP) is 3.90. The van der Waals surface area contributed by atoms with Crippen molar-refractivity contribution >= 4 is 11.6 Å². The molecule has 1 saturated heterocycles. The Hall–Kier alpha value is -3.48.